The summed E-state index contributed by atoms with van der Waals surface area (Å²) >= 11 is 0. The quantitative estimate of drug-likeness (QED) is 0.743. The zero-order valence-electron chi connectivity index (χ0n) is 14.0. The van der Waals surface area contributed by atoms with Crippen LogP contribution in [0.25, 0.3) is 0 Å². The molecule has 3 rings (SSSR count). The second kappa shape index (κ2) is 8.40. The lowest BCUT2D eigenvalue weighted by molar-refractivity contribution is 0.191. The molecule has 0 spiro atoms. The summed E-state index contributed by atoms with van der Waals surface area (Å²) in [6, 6.07) is 11.7. The van der Waals surface area contributed by atoms with Crippen LogP contribution in [-0.2, 0) is 0 Å². The zero-order chi connectivity index (χ0) is 17.5. The van der Waals surface area contributed by atoms with Crippen molar-refractivity contribution in [2.24, 2.45) is 0 Å². The summed E-state index contributed by atoms with van der Waals surface area (Å²) in [7, 11) is 0. The maximum atomic E-state index is 10.2. The number of hydrogen-bond acceptors (Lipinski definition) is 7. The average Bonchev–Trinajstić information content (AvgIpc) is 2.67. The number of hydrogen-bond donors (Lipinski definition) is 3. The maximum absolute atomic E-state index is 10.2. The van der Waals surface area contributed by atoms with Crippen LogP contribution >= 0.6 is 0 Å². The molecule has 1 aliphatic rings. The number of rotatable bonds is 6. The van der Waals surface area contributed by atoms with E-state index in [-0.39, 0.29) is 12.4 Å². The highest BCUT2D eigenvalue weighted by Gasteiger charge is 2.16. The smallest absolute Gasteiger partial charge is 0.238 e. The van der Waals surface area contributed by atoms with E-state index in [1.54, 1.807) is 0 Å². The number of nitrogens with zero attached hydrogens (tertiary/aromatic N) is 4. The van der Waals surface area contributed by atoms with Gasteiger partial charge in [0, 0.05) is 12.6 Å². The monoisotopic (exact) mass is 338 g/mol. The van der Waals surface area contributed by atoms with Gasteiger partial charge >= 0.3 is 0 Å². The molecule has 1 fully saturated rings. The summed E-state index contributed by atoms with van der Waals surface area (Å²) in [5.41, 5.74) is 0.810. The van der Waals surface area contributed by atoms with Gasteiger partial charge in [-0.3, -0.25) is 0 Å². The van der Waals surface area contributed by atoms with E-state index < -0.39 is 6.10 Å². The van der Waals surface area contributed by atoms with Crippen LogP contribution in [0.4, 0.5) is 11.9 Å². The predicted octanol–water partition coefficient (Wildman–Crippen LogP) is 2.63. The molecule has 0 aliphatic heterocycles. The molecule has 3 N–H and O–H groups in total. The van der Waals surface area contributed by atoms with Gasteiger partial charge in [-0.15, -0.1) is 0 Å². The van der Waals surface area contributed by atoms with Gasteiger partial charge in [-0.25, -0.2) is 0 Å². The first-order chi connectivity index (χ1) is 12.2. The fourth-order valence-corrected chi connectivity index (χ4v) is 2.98. The normalized spacial score (nSPS) is 16.0. The Hall–Kier alpha value is -2.72. The van der Waals surface area contributed by atoms with Gasteiger partial charge < -0.3 is 15.7 Å². The summed E-state index contributed by atoms with van der Waals surface area (Å²) in [4.78, 5) is 12.5. The van der Waals surface area contributed by atoms with E-state index in [1.165, 1.54) is 19.3 Å². The van der Waals surface area contributed by atoms with Crippen molar-refractivity contribution in [3.05, 3.63) is 41.7 Å². The van der Waals surface area contributed by atoms with E-state index in [4.69, 9.17) is 5.26 Å². The highest BCUT2D eigenvalue weighted by molar-refractivity contribution is 5.38. The number of anilines is 2. The van der Waals surface area contributed by atoms with Crippen LogP contribution in [0.3, 0.4) is 0 Å². The molecule has 2 aromatic rings. The number of nitriles is 1. The Morgan fingerprint density at radius 2 is 1.80 bits per heavy atom. The van der Waals surface area contributed by atoms with Crippen LogP contribution in [0.15, 0.2) is 30.3 Å². The highest BCUT2D eigenvalue weighted by Crippen LogP contribution is 2.20. The van der Waals surface area contributed by atoms with E-state index >= 15 is 0 Å². The van der Waals surface area contributed by atoms with Gasteiger partial charge in [0.15, 0.2) is 0 Å². The fraction of sp³-hybridized carbons (Fsp3) is 0.444. The van der Waals surface area contributed by atoms with Crippen LogP contribution in [0, 0.1) is 11.3 Å². The number of aliphatic hydroxyl groups excluding tert-OH is 1. The molecule has 1 atom stereocenters. The Bertz CT molecular complexity index is 724. The molecule has 130 valence electrons. The largest absolute Gasteiger partial charge is 0.387 e. The Labute approximate surface area is 147 Å². The summed E-state index contributed by atoms with van der Waals surface area (Å²) in [6.45, 7) is 0.252. The first-order valence-electron chi connectivity index (χ1n) is 8.64. The van der Waals surface area contributed by atoms with Crippen molar-refractivity contribution < 1.29 is 5.11 Å². The van der Waals surface area contributed by atoms with Gasteiger partial charge in [-0.1, -0.05) is 49.6 Å². The number of aromatic nitrogens is 3. The molecule has 1 aromatic carbocycles. The Kier molecular flexibility index (Phi) is 5.75. The molecule has 7 nitrogen and oxygen atoms in total. The Morgan fingerprint density at radius 1 is 1.08 bits per heavy atom. The second-order valence-corrected chi connectivity index (χ2v) is 6.20. The molecule has 1 aliphatic carbocycles. The maximum Gasteiger partial charge on any atom is 0.238 e. The minimum absolute atomic E-state index is 0.0602. The molecular weight excluding hydrogens is 316 g/mol. The van der Waals surface area contributed by atoms with E-state index in [9.17, 15) is 5.11 Å². The SMILES string of the molecule is N#Cc1nc(NCC(O)c2ccccc2)nc(NC2CCCCC2)n1. The third-order valence-corrected chi connectivity index (χ3v) is 4.31. The van der Waals surface area contributed by atoms with Crippen molar-refractivity contribution in [2.75, 3.05) is 17.2 Å². The molecular formula is C18H22N6O. The van der Waals surface area contributed by atoms with Crippen LogP contribution in [0.5, 0.6) is 0 Å². The molecule has 1 heterocycles. The lowest BCUT2D eigenvalue weighted by Crippen LogP contribution is -2.24. The van der Waals surface area contributed by atoms with Crippen LogP contribution in [-0.4, -0.2) is 32.6 Å². The lowest BCUT2D eigenvalue weighted by atomic mass is 9.96. The number of nitrogens with one attached hydrogen (secondary N) is 2. The second-order valence-electron chi connectivity index (χ2n) is 6.20. The standard InChI is InChI=1S/C18H22N6O/c19-11-16-22-17(20-12-15(25)13-7-3-1-4-8-13)24-18(23-16)21-14-9-5-2-6-10-14/h1,3-4,7-8,14-15,25H,2,5-6,9-10,12H2,(H2,20,21,22,23,24). The summed E-state index contributed by atoms with van der Waals surface area (Å²) in [6.07, 6.45) is 5.15. The van der Waals surface area contributed by atoms with Crippen LogP contribution < -0.4 is 10.6 Å². The molecule has 0 radical (unpaired) electrons. The highest BCUT2D eigenvalue weighted by atomic mass is 16.3. The molecule has 0 bridgehead atoms. The summed E-state index contributed by atoms with van der Waals surface area (Å²) in [5, 5.41) is 25.7. The third kappa shape index (κ3) is 4.88. The Balaban J connectivity index is 1.66. The van der Waals surface area contributed by atoms with Gasteiger partial charge in [-0.05, 0) is 18.4 Å². The predicted molar refractivity (Wildman–Crippen MR) is 94.9 cm³/mol. The topological polar surface area (TPSA) is 107 Å². The molecule has 1 aromatic heterocycles. The lowest BCUT2D eigenvalue weighted by Gasteiger charge is -2.22. The van der Waals surface area contributed by atoms with E-state index in [0.29, 0.717) is 17.9 Å². The molecule has 0 amide bonds. The van der Waals surface area contributed by atoms with Crippen molar-refractivity contribution in [3.63, 3.8) is 0 Å². The first kappa shape index (κ1) is 17.1. The van der Waals surface area contributed by atoms with Crippen LogP contribution in [0.1, 0.15) is 49.6 Å². The van der Waals surface area contributed by atoms with Crippen molar-refractivity contribution in [1.29, 1.82) is 5.26 Å². The van der Waals surface area contributed by atoms with E-state index in [2.05, 4.69) is 25.6 Å². The van der Waals surface area contributed by atoms with Crippen LogP contribution in [0.2, 0.25) is 0 Å². The van der Waals surface area contributed by atoms with Gasteiger partial charge in [0.1, 0.15) is 6.07 Å². The molecule has 0 saturated heterocycles. The number of aliphatic hydroxyl groups is 1. The Morgan fingerprint density at radius 3 is 2.52 bits per heavy atom. The third-order valence-electron chi connectivity index (χ3n) is 4.31. The molecule has 1 saturated carbocycles. The molecule has 1 unspecified atom stereocenters. The number of benzene rings is 1. The zero-order valence-corrected chi connectivity index (χ0v) is 14.0. The van der Waals surface area contributed by atoms with Crippen molar-refractivity contribution in [1.82, 2.24) is 15.0 Å². The van der Waals surface area contributed by atoms with Gasteiger partial charge in [0.2, 0.25) is 17.7 Å². The summed E-state index contributed by atoms with van der Waals surface area (Å²) < 4.78 is 0. The first-order valence-corrected chi connectivity index (χ1v) is 8.64. The summed E-state index contributed by atoms with van der Waals surface area (Å²) in [5.74, 6) is 0.764. The van der Waals surface area contributed by atoms with Gasteiger partial charge in [-0.2, -0.15) is 20.2 Å². The molecule has 7 heteroatoms. The van der Waals surface area contributed by atoms with E-state index in [1.807, 2.05) is 36.4 Å². The van der Waals surface area contributed by atoms with Gasteiger partial charge in [0.25, 0.3) is 0 Å². The van der Waals surface area contributed by atoms with Gasteiger partial charge in [0.05, 0.1) is 6.10 Å². The minimum atomic E-state index is -0.682. The van der Waals surface area contributed by atoms with Crippen molar-refractivity contribution in [2.45, 2.75) is 44.2 Å². The minimum Gasteiger partial charge on any atom is -0.387 e. The van der Waals surface area contributed by atoms with E-state index in [0.717, 1.165) is 18.4 Å². The fourth-order valence-electron chi connectivity index (χ4n) is 2.98. The molecule has 25 heavy (non-hydrogen) atoms. The van der Waals surface area contributed by atoms with Crippen molar-refractivity contribution >= 4 is 11.9 Å². The van der Waals surface area contributed by atoms with Crippen molar-refractivity contribution in [3.8, 4) is 6.07 Å². The average molecular weight is 338 g/mol.